The number of hydrogen-bond acceptors (Lipinski definition) is 14. The first-order valence-corrected chi connectivity index (χ1v) is 38.2. The summed E-state index contributed by atoms with van der Waals surface area (Å²) in [7, 11) is 0. The molecule has 586 valence electrons. The number of ether oxygens (including phenoxy) is 2. The van der Waals surface area contributed by atoms with Crippen molar-refractivity contribution in [2.24, 2.45) is 0 Å². The standard InChI is InChI=1S/C23H32O2.C22H26O6.C19H24O2.C17H20O2.C15H16O2/c1-8-17(20-11-18(13(2)3)22(24)9-15(20)6)21-12-19(14(4)5)23(25)10-16(21)7;23-19-11-5-3-9-17(19)15-21(25)27-13-7-1-2-8-14-28-22(26)16-18-10-4-6-12-20(18)24;1-6-15(16-7-13(4)18(20)9-11(16)2)17-8-14(5)19(21)10-12(17)3;1-11-9-13(5-7-15(11)18)17(3,4)14-6-8-16(19)12(2)10-14;1-15(2,11-3-7-13(16)8-4-11)12-5-9-14(17)10-6-12/h9-14,17,24-25H,8H2,1-7H3;3-6,9-12,23-24H,1-2,7-8,13-16H2;7-10,15,20-21H,6H2,1-5H3;5-10,18-19H,1-4H3;3-10,16-17H,1-2H3. The second-order valence-electron chi connectivity index (χ2n) is 30.6. The minimum absolute atomic E-state index is 0.0552. The van der Waals surface area contributed by atoms with Crippen molar-refractivity contribution in [1.82, 2.24) is 0 Å². The monoisotopic (exact) mass is 1490 g/mol. The van der Waals surface area contributed by atoms with Crippen LogP contribution in [0, 0.1) is 55.4 Å². The molecule has 0 aliphatic rings. The fraction of sp³-hybridized carbons (Fsp3) is 0.354. The first-order chi connectivity index (χ1) is 51.9. The van der Waals surface area contributed by atoms with E-state index in [1.54, 1.807) is 72.8 Å². The predicted octanol–water partition coefficient (Wildman–Crippen LogP) is 22.4. The molecule has 110 heavy (non-hydrogen) atoms. The van der Waals surface area contributed by atoms with Gasteiger partial charge in [-0.2, -0.15) is 0 Å². The average molecular weight is 1500 g/mol. The molecule has 0 atom stereocenters. The van der Waals surface area contributed by atoms with Crippen LogP contribution in [0.3, 0.4) is 0 Å². The van der Waals surface area contributed by atoms with Gasteiger partial charge in [0.25, 0.3) is 0 Å². The zero-order valence-electron chi connectivity index (χ0n) is 67.8. The van der Waals surface area contributed by atoms with Crippen molar-refractivity contribution in [3.63, 3.8) is 0 Å². The minimum Gasteiger partial charge on any atom is -0.508 e. The lowest BCUT2D eigenvalue weighted by Gasteiger charge is -2.27. The Bertz CT molecular complexity index is 4390. The number of carbonyl (C=O) groups is 2. The molecule has 10 N–H and O–H groups in total. The third-order valence-electron chi connectivity index (χ3n) is 20.8. The van der Waals surface area contributed by atoms with Crippen LogP contribution < -0.4 is 0 Å². The van der Waals surface area contributed by atoms with Gasteiger partial charge in [-0.25, -0.2) is 0 Å². The van der Waals surface area contributed by atoms with Crippen LogP contribution in [0.5, 0.6) is 57.5 Å². The highest BCUT2D eigenvalue weighted by molar-refractivity contribution is 5.74. The first-order valence-electron chi connectivity index (χ1n) is 38.2. The average Bonchev–Trinajstić information content (AvgIpc) is 0.778. The maximum Gasteiger partial charge on any atom is 0.310 e. The number of aromatic hydroxyl groups is 10. The molecule has 10 rings (SSSR count). The molecule has 10 aromatic carbocycles. The molecule has 0 saturated carbocycles. The number of unbranched alkanes of at least 4 members (excludes halogenated alkanes) is 3. The third-order valence-corrected chi connectivity index (χ3v) is 20.8. The number of carbonyl (C=O) groups excluding carboxylic acids is 2. The Hall–Kier alpha value is -10.9. The molecule has 0 amide bonds. The number of phenols is 10. The van der Waals surface area contributed by atoms with Crippen molar-refractivity contribution in [2.75, 3.05) is 13.2 Å². The van der Waals surface area contributed by atoms with Crippen LogP contribution in [0.1, 0.15) is 243 Å². The van der Waals surface area contributed by atoms with E-state index in [4.69, 9.17) is 9.47 Å². The van der Waals surface area contributed by atoms with Crippen LogP contribution in [-0.2, 0) is 42.7 Å². The number of rotatable bonds is 23. The Morgan fingerprint density at radius 3 is 0.909 bits per heavy atom. The summed E-state index contributed by atoms with van der Waals surface area (Å²) >= 11 is 0. The van der Waals surface area contributed by atoms with Crippen molar-refractivity contribution in [1.29, 1.82) is 0 Å². The number of hydrogen-bond donors (Lipinski definition) is 10. The van der Waals surface area contributed by atoms with E-state index in [-0.39, 0.29) is 82.3 Å². The van der Waals surface area contributed by atoms with Crippen LogP contribution in [0.15, 0.2) is 182 Å². The van der Waals surface area contributed by atoms with Crippen molar-refractivity contribution in [3.8, 4) is 57.5 Å². The normalized spacial score (nSPS) is 11.2. The molecule has 0 radical (unpaired) electrons. The van der Waals surface area contributed by atoms with Gasteiger partial charge in [-0.05, 0) is 279 Å². The van der Waals surface area contributed by atoms with Crippen molar-refractivity contribution < 1.29 is 70.1 Å². The van der Waals surface area contributed by atoms with E-state index in [1.165, 1.54) is 34.4 Å². The highest BCUT2D eigenvalue weighted by Crippen LogP contribution is 2.42. The molecule has 0 bridgehead atoms. The van der Waals surface area contributed by atoms with Crippen LogP contribution in [-0.4, -0.2) is 76.2 Å². The summed E-state index contributed by atoms with van der Waals surface area (Å²) in [6.45, 7) is 37.9. The zero-order valence-corrected chi connectivity index (χ0v) is 67.8. The van der Waals surface area contributed by atoms with Crippen LogP contribution in [0.2, 0.25) is 0 Å². The maximum absolute atomic E-state index is 11.7. The number of phenolic OH excluding ortho intramolecular Hbond substituents is 10. The van der Waals surface area contributed by atoms with Crippen molar-refractivity contribution in [2.45, 2.75) is 210 Å². The van der Waals surface area contributed by atoms with E-state index in [2.05, 4.69) is 107 Å². The second kappa shape index (κ2) is 40.5. The largest absolute Gasteiger partial charge is 0.508 e. The van der Waals surface area contributed by atoms with Gasteiger partial charge in [0.1, 0.15) is 57.5 Å². The lowest BCUT2D eigenvalue weighted by Crippen LogP contribution is -2.19. The van der Waals surface area contributed by atoms with Crippen LogP contribution >= 0.6 is 0 Å². The van der Waals surface area contributed by atoms with E-state index in [9.17, 15) is 60.7 Å². The molecule has 0 aromatic heterocycles. The highest BCUT2D eigenvalue weighted by atomic mass is 16.5. The van der Waals surface area contributed by atoms with E-state index in [0.717, 1.165) is 116 Å². The third kappa shape index (κ3) is 24.3. The van der Waals surface area contributed by atoms with Gasteiger partial charge < -0.3 is 60.5 Å². The van der Waals surface area contributed by atoms with E-state index in [0.29, 0.717) is 58.8 Å². The summed E-state index contributed by atoms with van der Waals surface area (Å²) in [6, 6.07) is 55.2. The molecule has 10 aromatic rings. The number of aryl methyl sites for hydroxylation is 8. The molecular weight excluding hydrogens is 1380 g/mol. The summed E-state index contributed by atoms with van der Waals surface area (Å²) in [5, 5.41) is 97.4. The minimum atomic E-state index is -0.361. The second-order valence-corrected chi connectivity index (χ2v) is 30.6. The van der Waals surface area contributed by atoms with Gasteiger partial charge in [0.05, 0.1) is 26.1 Å². The number of benzene rings is 10. The van der Waals surface area contributed by atoms with Gasteiger partial charge in [-0.1, -0.05) is 178 Å². The molecule has 0 heterocycles. The molecule has 0 unspecified atom stereocenters. The van der Waals surface area contributed by atoms with Gasteiger partial charge in [-0.15, -0.1) is 0 Å². The number of esters is 2. The predicted molar refractivity (Wildman–Crippen MR) is 443 cm³/mol. The lowest BCUT2D eigenvalue weighted by atomic mass is 9.77. The lowest BCUT2D eigenvalue weighted by molar-refractivity contribution is -0.144. The summed E-state index contributed by atoms with van der Waals surface area (Å²) in [5.41, 5.74) is 20.4. The molecule has 0 aliphatic carbocycles. The summed E-state index contributed by atoms with van der Waals surface area (Å²) in [5.74, 6) is 3.23. The maximum atomic E-state index is 11.7. The molecule has 14 heteroatoms. The Morgan fingerprint density at radius 1 is 0.309 bits per heavy atom. The molecular formula is C96H118O14. The Kier molecular flexibility index (Phi) is 32.4. The van der Waals surface area contributed by atoms with Gasteiger partial charge in [0.15, 0.2) is 0 Å². The van der Waals surface area contributed by atoms with Gasteiger partial charge in [0, 0.05) is 33.8 Å². The molecule has 0 saturated heterocycles. The summed E-state index contributed by atoms with van der Waals surface area (Å²) < 4.78 is 10.3. The van der Waals surface area contributed by atoms with Gasteiger partial charge in [-0.3, -0.25) is 9.59 Å². The summed E-state index contributed by atoms with van der Waals surface area (Å²) in [6.07, 6.45) is 5.26. The Morgan fingerprint density at radius 2 is 0.600 bits per heavy atom. The molecule has 0 aliphatic heterocycles. The fourth-order valence-electron chi connectivity index (χ4n) is 13.6. The molecule has 14 nitrogen and oxygen atoms in total. The van der Waals surface area contributed by atoms with Crippen LogP contribution in [0.25, 0.3) is 0 Å². The fourth-order valence-corrected chi connectivity index (χ4v) is 13.6. The topological polar surface area (TPSA) is 255 Å². The summed E-state index contributed by atoms with van der Waals surface area (Å²) in [4.78, 5) is 23.5. The molecule has 0 fully saturated rings. The van der Waals surface area contributed by atoms with Crippen molar-refractivity contribution in [3.05, 3.63) is 293 Å². The SMILES string of the molecule is CC(C)(c1ccc(O)cc1)c1ccc(O)cc1.CCC(c1cc(C(C)C)c(O)cc1C)c1cc(C(C)C)c(O)cc1C.CCC(c1cc(C)c(O)cc1C)c1cc(C)c(O)cc1C.Cc1cc(C(C)(C)c2ccc(O)c(C)c2)ccc1O.O=C(Cc1ccccc1O)OCCCCCCOC(=O)Cc1ccccc1O. The van der Waals surface area contributed by atoms with E-state index >= 15 is 0 Å². The van der Waals surface area contributed by atoms with Crippen LogP contribution in [0.4, 0.5) is 0 Å². The first kappa shape index (κ1) is 88.0. The van der Waals surface area contributed by atoms with Crippen molar-refractivity contribution >= 4 is 11.9 Å². The Labute approximate surface area is 653 Å². The number of para-hydroxylation sites is 2. The van der Waals surface area contributed by atoms with E-state index in [1.807, 2.05) is 114 Å². The zero-order chi connectivity index (χ0) is 81.5. The van der Waals surface area contributed by atoms with Gasteiger partial charge in [0.2, 0.25) is 0 Å². The highest BCUT2D eigenvalue weighted by Gasteiger charge is 2.27. The van der Waals surface area contributed by atoms with Gasteiger partial charge >= 0.3 is 11.9 Å². The quantitative estimate of drug-likeness (QED) is 0.0211. The smallest absolute Gasteiger partial charge is 0.310 e. The van der Waals surface area contributed by atoms with E-state index < -0.39 is 0 Å². The molecule has 0 spiro atoms. The Balaban J connectivity index is 0.000000217.